The quantitative estimate of drug-likeness (QED) is 0.169. The van der Waals surface area contributed by atoms with Crippen LogP contribution >= 0.6 is 0 Å². The molecule has 0 bridgehead atoms. The van der Waals surface area contributed by atoms with E-state index in [1.165, 1.54) is 33.3 Å². The molecule has 59 heavy (non-hydrogen) atoms. The highest BCUT2D eigenvalue weighted by atomic mass is 16.3. The van der Waals surface area contributed by atoms with Gasteiger partial charge in [0.2, 0.25) is 0 Å². The number of nitrogens with zero attached hydrogens (tertiary/aromatic N) is 3. The third kappa shape index (κ3) is 5.41. The third-order valence-electron chi connectivity index (χ3n) is 12.0. The SMILES string of the molecule is CC(C)c1cc(-c2ccccc2)cc(C(C)C)c1-n1c(-c2cccc3c2oc2cc4c(cc23)oc2cc(C#N)c(-c3ccccc3)cc24)nc2ccc3ccccc3c21. The van der Waals surface area contributed by atoms with E-state index >= 15 is 0 Å². The lowest BCUT2D eigenvalue weighted by Crippen LogP contribution is -2.09. The van der Waals surface area contributed by atoms with Crippen molar-refractivity contribution >= 4 is 65.7 Å². The number of nitriles is 1. The van der Waals surface area contributed by atoms with Crippen LogP contribution < -0.4 is 0 Å². The minimum Gasteiger partial charge on any atom is -0.456 e. The van der Waals surface area contributed by atoms with E-state index in [1.54, 1.807) is 0 Å². The Kier molecular flexibility index (Phi) is 7.86. The minimum absolute atomic E-state index is 0.227. The first-order valence-corrected chi connectivity index (χ1v) is 20.3. The molecule has 0 saturated heterocycles. The molecule has 11 aromatic rings. The number of fused-ring (bicyclic) bond motifs is 9. The molecule has 0 aliphatic rings. The van der Waals surface area contributed by atoms with Gasteiger partial charge in [0.15, 0.2) is 0 Å². The van der Waals surface area contributed by atoms with Gasteiger partial charge in [-0.15, -0.1) is 0 Å². The van der Waals surface area contributed by atoms with Gasteiger partial charge in [0.25, 0.3) is 0 Å². The van der Waals surface area contributed by atoms with Gasteiger partial charge >= 0.3 is 0 Å². The molecule has 0 fully saturated rings. The Labute approximate surface area is 341 Å². The first kappa shape index (κ1) is 34.8. The van der Waals surface area contributed by atoms with Gasteiger partial charge in [-0.3, -0.25) is 4.57 Å². The Morgan fingerprint density at radius 1 is 0.525 bits per heavy atom. The monoisotopic (exact) mass is 761 g/mol. The smallest absolute Gasteiger partial charge is 0.149 e. The lowest BCUT2D eigenvalue weighted by Gasteiger charge is -2.24. The number of furan rings is 2. The second-order valence-corrected chi connectivity index (χ2v) is 16.2. The molecule has 0 radical (unpaired) electrons. The van der Waals surface area contributed by atoms with E-state index in [-0.39, 0.29) is 11.8 Å². The van der Waals surface area contributed by atoms with Crippen molar-refractivity contribution in [2.45, 2.75) is 39.5 Å². The minimum atomic E-state index is 0.227. The van der Waals surface area contributed by atoms with Crippen LogP contribution in [-0.4, -0.2) is 9.55 Å². The van der Waals surface area contributed by atoms with Crippen LogP contribution in [0.4, 0.5) is 0 Å². The van der Waals surface area contributed by atoms with Gasteiger partial charge in [0, 0.05) is 32.5 Å². The van der Waals surface area contributed by atoms with Gasteiger partial charge in [-0.2, -0.15) is 5.26 Å². The summed E-state index contributed by atoms with van der Waals surface area (Å²) in [7, 11) is 0. The zero-order chi connectivity index (χ0) is 39.9. The van der Waals surface area contributed by atoms with Crippen LogP contribution in [0, 0.1) is 11.3 Å². The number of para-hydroxylation sites is 1. The maximum absolute atomic E-state index is 10.1. The predicted octanol–water partition coefficient (Wildman–Crippen LogP) is 15.1. The van der Waals surface area contributed by atoms with Crippen molar-refractivity contribution < 1.29 is 8.83 Å². The predicted molar refractivity (Wildman–Crippen MR) is 242 cm³/mol. The molecule has 3 aromatic heterocycles. The van der Waals surface area contributed by atoms with Crippen molar-refractivity contribution in [1.82, 2.24) is 9.55 Å². The van der Waals surface area contributed by atoms with Gasteiger partial charge < -0.3 is 8.83 Å². The summed E-state index contributed by atoms with van der Waals surface area (Å²) in [6.45, 7) is 9.16. The van der Waals surface area contributed by atoms with Crippen molar-refractivity contribution in [3.63, 3.8) is 0 Å². The van der Waals surface area contributed by atoms with Crippen LogP contribution in [0.5, 0.6) is 0 Å². The van der Waals surface area contributed by atoms with Gasteiger partial charge in [-0.1, -0.05) is 131 Å². The van der Waals surface area contributed by atoms with Crippen LogP contribution in [-0.2, 0) is 0 Å². The van der Waals surface area contributed by atoms with E-state index < -0.39 is 0 Å². The van der Waals surface area contributed by atoms with Crippen LogP contribution in [0.2, 0.25) is 0 Å². The first-order chi connectivity index (χ1) is 28.9. The van der Waals surface area contributed by atoms with Crippen molar-refractivity contribution in [3.05, 3.63) is 168 Å². The van der Waals surface area contributed by atoms with Crippen LogP contribution in [0.1, 0.15) is 56.2 Å². The molecule has 0 amide bonds. The molecule has 0 atom stereocenters. The maximum Gasteiger partial charge on any atom is 0.149 e. The molecule has 3 heterocycles. The molecule has 0 aliphatic heterocycles. The Hall–Kier alpha value is -7.42. The lowest BCUT2D eigenvalue weighted by molar-refractivity contribution is 0.664. The fourth-order valence-electron chi connectivity index (χ4n) is 9.09. The molecule has 0 unspecified atom stereocenters. The number of rotatable bonds is 6. The fraction of sp³-hybridized carbons (Fsp3) is 0.111. The normalized spacial score (nSPS) is 12.0. The molecule has 5 heteroatoms. The van der Waals surface area contributed by atoms with Crippen molar-refractivity contribution in [3.8, 4) is 45.4 Å². The standard InChI is InChI=1S/C54H39N3O2/c1-31(2)41-24-36(33-14-7-5-8-15-33)25-42(32(3)4)51(41)57-52-38-19-12-11-18-35(38)22-23-47(52)56-54(57)40-21-13-20-39-45-28-49-46(29-50(45)59-53(39)40)44-27-43(34-16-9-6-10-17-34)37(30-55)26-48(44)58-49/h5-29,31-32H,1-4H3. The maximum atomic E-state index is 10.1. The summed E-state index contributed by atoms with van der Waals surface area (Å²) < 4.78 is 15.9. The molecular weight excluding hydrogens is 723 g/mol. The summed E-state index contributed by atoms with van der Waals surface area (Å²) >= 11 is 0. The Morgan fingerprint density at radius 2 is 1.14 bits per heavy atom. The van der Waals surface area contributed by atoms with E-state index in [0.717, 1.165) is 77.2 Å². The van der Waals surface area contributed by atoms with E-state index in [4.69, 9.17) is 13.8 Å². The number of benzene rings is 8. The van der Waals surface area contributed by atoms with Crippen LogP contribution in [0.25, 0.3) is 105 Å². The molecule has 8 aromatic carbocycles. The van der Waals surface area contributed by atoms with Crippen LogP contribution in [0.3, 0.4) is 0 Å². The second-order valence-electron chi connectivity index (χ2n) is 16.2. The zero-order valence-electron chi connectivity index (χ0n) is 33.2. The summed E-state index contributed by atoms with van der Waals surface area (Å²) in [4.78, 5) is 5.51. The summed E-state index contributed by atoms with van der Waals surface area (Å²) in [5.74, 6) is 1.29. The van der Waals surface area contributed by atoms with Crippen molar-refractivity contribution in [1.29, 1.82) is 5.26 Å². The van der Waals surface area contributed by atoms with Crippen molar-refractivity contribution in [2.75, 3.05) is 0 Å². The molecule has 0 spiro atoms. The van der Waals surface area contributed by atoms with E-state index in [1.807, 2.05) is 36.4 Å². The van der Waals surface area contributed by atoms with E-state index in [9.17, 15) is 5.26 Å². The summed E-state index contributed by atoms with van der Waals surface area (Å²) in [5, 5.41) is 16.2. The summed E-state index contributed by atoms with van der Waals surface area (Å²) in [6.07, 6.45) is 0. The molecule has 5 nitrogen and oxygen atoms in total. The number of hydrogen-bond acceptors (Lipinski definition) is 4. The van der Waals surface area contributed by atoms with Gasteiger partial charge in [-0.25, -0.2) is 4.98 Å². The molecular formula is C54H39N3O2. The van der Waals surface area contributed by atoms with E-state index in [0.29, 0.717) is 11.1 Å². The summed E-state index contributed by atoms with van der Waals surface area (Å²) in [5.41, 5.74) is 14.5. The zero-order valence-corrected chi connectivity index (χ0v) is 33.2. The number of hydrogen-bond donors (Lipinski definition) is 0. The topological polar surface area (TPSA) is 67.9 Å². The number of imidazole rings is 1. The molecule has 0 N–H and O–H groups in total. The van der Waals surface area contributed by atoms with Crippen molar-refractivity contribution in [2.24, 2.45) is 0 Å². The van der Waals surface area contributed by atoms with Gasteiger partial charge in [0.1, 0.15) is 28.2 Å². The largest absolute Gasteiger partial charge is 0.456 e. The Balaban J connectivity index is 1.20. The highest BCUT2D eigenvalue weighted by molar-refractivity contribution is 6.17. The molecule has 0 saturated carbocycles. The average molecular weight is 762 g/mol. The fourth-order valence-corrected chi connectivity index (χ4v) is 9.09. The average Bonchev–Trinajstić information content (AvgIpc) is 3.95. The summed E-state index contributed by atoms with van der Waals surface area (Å²) in [6, 6.07) is 55.3. The second kappa shape index (κ2) is 13.3. The van der Waals surface area contributed by atoms with Crippen LogP contribution in [0.15, 0.2) is 160 Å². The lowest BCUT2D eigenvalue weighted by atomic mass is 9.88. The molecule has 282 valence electrons. The third-order valence-corrected chi connectivity index (χ3v) is 12.0. The first-order valence-electron chi connectivity index (χ1n) is 20.3. The molecule has 0 aliphatic carbocycles. The molecule has 11 rings (SSSR count). The number of aromatic nitrogens is 2. The van der Waals surface area contributed by atoms with E-state index in [2.05, 4.69) is 154 Å². The highest BCUT2D eigenvalue weighted by Gasteiger charge is 2.27. The van der Waals surface area contributed by atoms with Gasteiger partial charge in [-0.05, 0) is 93.6 Å². The van der Waals surface area contributed by atoms with Gasteiger partial charge in [0.05, 0.1) is 33.9 Å². The highest BCUT2D eigenvalue weighted by Crippen LogP contribution is 2.45. The Bertz CT molecular complexity index is 3480. The Morgan fingerprint density at radius 3 is 1.85 bits per heavy atom.